The van der Waals surface area contributed by atoms with Gasteiger partial charge in [-0.3, -0.25) is 0 Å². The molecule has 0 atom stereocenters. The molecule has 20 heavy (non-hydrogen) atoms. The van der Waals surface area contributed by atoms with Gasteiger partial charge in [-0.2, -0.15) is 0 Å². The number of hydrogen-bond donors (Lipinski definition) is 1. The van der Waals surface area contributed by atoms with Crippen molar-refractivity contribution >= 4 is 21.4 Å². The lowest BCUT2D eigenvalue weighted by Gasteiger charge is -2.35. The summed E-state index contributed by atoms with van der Waals surface area (Å²) >= 11 is 1.25. The number of nitrogens with one attached hydrogen (secondary N) is 1. The van der Waals surface area contributed by atoms with Crippen LogP contribution < -0.4 is 17.1 Å². The van der Waals surface area contributed by atoms with Crippen LogP contribution in [0.4, 0.5) is 0 Å². The summed E-state index contributed by atoms with van der Waals surface area (Å²) in [7, 11) is -3.38. The number of rotatable bonds is 5. The highest BCUT2D eigenvalue weighted by molar-refractivity contribution is 7.91. The first-order valence-corrected chi connectivity index (χ1v) is 9.05. The molecule has 0 amide bonds. The van der Waals surface area contributed by atoms with Crippen LogP contribution in [0.25, 0.3) is 0 Å². The van der Waals surface area contributed by atoms with Crippen molar-refractivity contribution in [2.75, 3.05) is 19.6 Å². The van der Waals surface area contributed by atoms with Crippen molar-refractivity contribution in [1.29, 1.82) is 0 Å². The first kappa shape index (κ1) is 17.9. The second-order valence-electron chi connectivity index (χ2n) is 5.76. The molecule has 2 rings (SSSR count). The topological polar surface area (TPSA) is 49.4 Å². The van der Waals surface area contributed by atoms with Crippen LogP contribution in [0, 0.1) is 0 Å². The molecule has 2 heterocycles. The lowest BCUT2D eigenvalue weighted by molar-refractivity contribution is -0.00000747. The van der Waals surface area contributed by atoms with Crippen molar-refractivity contribution in [3.05, 3.63) is 17.5 Å². The predicted molar refractivity (Wildman–Crippen MR) is 79.0 cm³/mol. The van der Waals surface area contributed by atoms with E-state index in [0.717, 1.165) is 19.6 Å². The molecule has 0 unspecified atom stereocenters. The van der Waals surface area contributed by atoms with E-state index in [1.807, 2.05) is 13.8 Å². The monoisotopic (exact) mass is 337 g/mol. The molecule has 0 saturated carbocycles. The minimum Gasteiger partial charge on any atom is -1.00 e. The van der Waals surface area contributed by atoms with Crippen molar-refractivity contribution in [3.63, 3.8) is 0 Å². The lowest BCUT2D eigenvalue weighted by Crippen LogP contribution is -3.00. The fraction of sp³-hybridized carbons (Fsp3) is 0.692. The molecule has 1 aromatic heterocycles. The summed E-state index contributed by atoms with van der Waals surface area (Å²) in [6, 6.07) is 3.40. The van der Waals surface area contributed by atoms with E-state index in [2.05, 4.69) is 9.62 Å². The summed E-state index contributed by atoms with van der Waals surface area (Å²) in [6.45, 7) is 6.81. The first-order chi connectivity index (χ1) is 8.89. The molecule has 7 heteroatoms. The number of nitrogens with zero attached hydrogens (tertiary/aromatic N) is 1. The predicted octanol–water partition coefficient (Wildman–Crippen LogP) is -0.705. The Morgan fingerprint density at radius 3 is 2.50 bits per heavy atom. The van der Waals surface area contributed by atoms with E-state index < -0.39 is 15.6 Å². The van der Waals surface area contributed by atoms with E-state index in [-0.39, 0.29) is 12.4 Å². The van der Waals surface area contributed by atoms with Gasteiger partial charge in [-0.05, 0) is 51.2 Å². The number of piperidine rings is 1. The average Bonchev–Trinajstić information content (AvgIpc) is 2.81. The SMILES string of the molecule is CC(C)(CN1CCCCC1)NS(=O)(=O)c1cccs1.[Cl-]. The molecule has 1 saturated heterocycles. The van der Waals surface area contributed by atoms with Crippen LogP contribution in [0.2, 0.25) is 0 Å². The van der Waals surface area contributed by atoms with Crippen LogP contribution in [0.1, 0.15) is 33.1 Å². The summed E-state index contributed by atoms with van der Waals surface area (Å²) in [5.41, 5.74) is -0.444. The maximum Gasteiger partial charge on any atom is 0.250 e. The Balaban J connectivity index is 0.00000200. The molecule has 1 fully saturated rings. The molecule has 0 spiro atoms. The van der Waals surface area contributed by atoms with Gasteiger partial charge in [0.2, 0.25) is 0 Å². The fourth-order valence-corrected chi connectivity index (χ4v) is 4.94. The smallest absolute Gasteiger partial charge is 0.250 e. The quantitative estimate of drug-likeness (QED) is 0.772. The Hall–Kier alpha value is -0.140. The summed E-state index contributed by atoms with van der Waals surface area (Å²) in [6.07, 6.45) is 3.72. The molecule has 116 valence electrons. The van der Waals surface area contributed by atoms with E-state index in [9.17, 15) is 8.42 Å². The molecule has 1 aliphatic heterocycles. The number of likely N-dealkylation sites (tertiary alicyclic amines) is 1. The molecule has 1 aliphatic rings. The van der Waals surface area contributed by atoms with Gasteiger partial charge in [-0.25, -0.2) is 13.1 Å². The Morgan fingerprint density at radius 1 is 1.30 bits per heavy atom. The Kier molecular flexibility index (Phi) is 6.47. The third kappa shape index (κ3) is 5.00. The molecule has 1 N–H and O–H groups in total. The van der Waals surface area contributed by atoms with Gasteiger partial charge < -0.3 is 17.3 Å². The van der Waals surface area contributed by atoms with Crippen molar-refractivity contribution in [2.24, 2.45) is 0 Å². The van der Waals surface area contributed by atoms with E-state index in [1.165, 1.54) is 30.6 Å². The van der Waals surface area contributed by atoms with Crippen LogP contribution in [-0.4, -0.2) is 38.5 Å². The number of thiophene rings is 1. The fourth-order valence-electron chi connectivity index (χ4n) is 2.54. The zero-order valence-electron chi connectivity index (χ0n) is 11.9. The highest BCUT2D eigenvalue weighted by Gasteiger charge is 2.29. The highest BCUT2D eigenvalue weighted by Crippen LogP contribution is 2.19. The number of sulfonamides is 1. The summed E-state index contributed by atoms with van der Waals surface area (Å²) in [5, 5.41) is 1.78. The molecule has 1 aromatic rings. The minimum absolute atomic E-state index is 0. The van der Waals surface area contributed by atoms with Gasteiger partial charge in [0.15, 0.2) is 0 Å². The number of hydrogen-bond acceptors (Lipinski definition) is 4. The van der Waals surface area contributed by atoms with Crippen molar-refractivity contribution < 1.29 is 20.8 Å². The lowest BCUT2D eigenvalue weighted by atomic mass is 10.0. The van der Waals surface area contributed by atoms with Crippen LogP contribution in [-0.2, 0) is 10.0 Å². The first-order valence-electron chi connectivity index (χ1n) is 6.69. The number of halogens is 1. The standard InChI is InChI=1S/C13H22N2O2S2.ClH/c1-13(2,11-15-8-4-3-5-9-15)14-19(16,17)12-7-6-10-18-12;/h6-7,10,14H,3-5,8-9,11H2,1-2H3;1H/p-1. The van der Waals surface area contributed by atoms with Gasteiger partial charge in [0.25, 0.3) is 10.0 Å². The van der Waals surface area contributed by atoms with Gasteiger partial charge in [-0.15, -0.1) is 11.3 Å². The van der Waals surface area contributed by atoms with Crippen molar-refractivity contribution in [1.82, 2.24) is 9.62 Å². The van der Waals surface area contributed by atoms with E-state index in [1.54, 1.807) is 17.5 Å². The van der Waals surface area contributed by atoms with Gasteiger partial charge >= 0.3 is 0 Å². The van der Waals surface area contributed by atoms with E-state index >= 15 is 0 Å². The van der Waals surface area contributed by atoms with Crippen LogP contribution >= 0.6 is 11.3 Å². The maximum atomic E-state index is 12.2. The zero-order valence-corrected chi connectivity index (χ0v) is 14.3. The van der Waals surface area contributed by atoms with Crippen molar-refractivity contribution in [2.45, 2.75) is 42.9 Å². The maximum absolute atomic E-state index is 12.2. The molecular weight excluding hydrogens is 316 g/mol. The second-order valence-corrected chi connectivity index (χ2v) is 8.62. The highest BCUT2D eigenvalue weighted by atomic mass is 35.5. The third-order valence-electron chi connectivity index (χ3n) is 3.24. The molecule has 0 aromatic carbocycles. The molecule has 0 radical (unpaired) electrons. The van der Waals surface area contributed by atoms with Crippen LogP contribution in [0.3, 0.4) is 0 Å². The Morgan fingerprint density at radius 2 is 1.95 bits per heavy atom. The summed E-state index contributed by atoms with van der Waals surface area (Å²) in [4.78, 5) is 2.35. The Bertz CT molecular complexity index is 494. The molecule has 0 aliphatic carbocycles. The largest absolute Gasteiger partial charge is 1.00 e. The van der Waals surface area contributed by atoms with Crippen LogP contribution in [0.15, 0.2) is 21.7 Å². The second kappa shape index (κ2) is 7.22. The van der Waals surface area contributed by atoms with Gasteiger partial charge in [0, 0.05) is 12.1 Å². The zero-order chi connectivity index (χ0) is 13.9. The van der Waals surface area contributed by atoms with E-state index in [0.29, 0.717) is 4.21 Å². The molecule has 0 bridgehead atoms. The van der Waals surface area contributed by atoms with Gasteiger partial charge in [0.05, 0.1) is 0 Å². The van der Waals surface area contributed by atoms with E-state index in [4.69, 9.17) is 0 Å². The summed E-state index contributed by atoms with van der Waals surface area (Å²) < 4.78 is 27.7. The molecule has 4 nitrogen and oxygen atoms in total. The van der Waals surface area contributed by atoms with Crippen molar-refractivity contribution in [3.8, 4) is 0 Å². The summed E-state index contributed by atoms with van der Waals surface area (Å²) in [5.74, 6) is 0. The molecular formula is C13H22ClN2O2S2-. The van der Waals surface area contributed by atoms with Gasteiger partial charge in [-0.1, -0.05) is 12.5 Å². The Labute approximate surface area is 132 Å². The van der Waals surface area contributed by atoms with Gasteiger partial charge in [0.1, 0.15) is 4.21 Å². The average molecular weight is 338 g/mol. The minimum atomic E-state index is -3.38. The van der Waals surface area contributed by atoms with Crippen LogP contribution in [0.5, 0.6) is 0 Å². The third-order valence-corrected chi connectivity index (χ3v) is 6.33. The normalized spacial score (nSPS) is 17.7.